The van der Waals surface area contributed by atoms with E-state index in [1.165, 1.54) is 11.1 Å². The molecule has 1 aliphatic rings. The number of rotatable bonds is 4. The average molecular weight is 425 g/mol. The second-order valence-electron chi connectivity index (χ2n) is 8.12. The van der Waals surface area contributed by atoms with Gasteiger partial charge in [-0.05, 0) is 54.9 Å². The minimum Gasteiger partial charge on any atom is -0.366 e. The van der Waals surface area contributed by atoms with Gasteiger partial charge in [-0.1, -0.05) is 36.4 Å². The van der Waals surface area contributed by atoms with Gasteiger partial charge in [0.15, 0.2) is 0 Å². The zero-order valence-corrected chi connectivity index (χ0v) is 17.7. The van der Waals surface area contributed by atoms with Gasteiger partial charge in [0.05, 0.1) is 17.3 Å². The van der Waals surface area contributed by atoms with Crippen molar-refractivity contribution in [2.45, 2.75) is 19.0 Å². The van der Waals surface area contributed by atoms with Crippen molar-refractivity contribution in [3.63, 3.8) is 0 Å². The number of nitrogens with zero attached hydrogens (tertiary/aromatic N) is 3. The third-order valence-electron chi connectivity index (χ3n) is 5.99. The first-order valence-corrected chi connectivity index (χ1v) is 10.5. The third kappa shape index (κ3) is 3.63. The number of hydrogen-bond donors (Lipinski definition) is 2. The molecule has 32 heavy (non-hydrogen) atoms. The van der Waals surface area contributed by atoms with E-state index in [1.54, 1.807) is 16.8 Å². The second-order valence-corrected chi connectivity index (χ2v) is 8.12. The maximum absolute atomic E-state index is 12.9. The average Bonchev–Trinajstić information content (AvgIpc) is 3.23. The van der Waals surface area contributed by atoms with Crippen molar-refractivity contribution >= 4 is 28.4 Å². The molecule has 1 aromatic heterocycles. The highest BCUT2D eigenvalue weighted by molar-refractivity contribution is 6.04. The summed E-state index contributed by atoms with van der Waals surface area (Å²) < 4.78 is 1.70. The van der Waals surface area contributed by atoms with Crippen molar-refractivity contribution in [1.82, 2.24) is 14.7 Å². The molecule has 3 aromatic carbocycles. The Kier molecular flexibility index (Phi) is 4.95. The quantitative estimate of drug-likeness (QED) is 0.525. The molecule has 0 radical (unpaired) electrons. The van der Waals surface area contributed by atoms with Crippen molar-refractivity contribution in [2.75, 3.05) is 12.4 Å². The molecule has 0 saturated carbocycles. The van der Waals surface area contributed by atoms with Gasteiger partial charge >= 0.3 is 0 Å². The molecule has 0 fully saturated rings. The first-order valence-electron chi connectivity index (χ1n) is 10.5. The van der Waals surface area contributed by atoms with Crippen LogP contribution < -0.4 is 11.1 Å². The fraction of sp³-hybridized carbons (Fsp3) is 0.160. The summed E-state index contributed by atoms with van der Waals surface area (Å²) in [5, 5.41) is 8.38. The van der Waals surface area contributed by atoms with Gasteiger partial charge in [0, 0.05) is 23.8 Å². The summed E-state index contributed by atoms with van der Waals surface area (Å²) in [6, 6.07) is 20.8. The Labute approximate surface area is 185 Å². The number of aromatic nitrogens is 2. The summed E-state index contributed by atoms with van der Waals surface area (Å²) in [6.07, 6.45) is 2.54. The number of nitrogens with two attached hydrogens (primary N) is 1. The molecule has 1 aliphatic heterocycles. The zero-order valence-electron chi connectivity index (χ0n) is 17.7. The Morgan fingerprint density at radius 2 is 1.75 bits per heavy atom. The second kappa shape index (κ2) is 7.94. The largest absolute Gasteiger partial charge is 0.366 e. The lowest BCUT2D eigenvalue weighted by Gasteiger charge is -2.33. The van der Waals surface area contributed by atoms with E-state index >= 15 is 0 Å². The number of likely N-dealkylation sites (N-methyl/N-ethyl adjacent to an activating group) is 1. The smallest absolute Gasteiger partial charge is 0.250 e. The van der Waals surface area contributed by atoms with Gasteiger partial charge in [0.1, 0.15) is 5.52 Å². The van der Waals surface area contributed by atoms with Crippen LogP contribution in [0.1, 0.15) is 21.5 Å². The Morgan fingerprint density at radius 1 is 1.00 bits per heavy atom. The fourth-order valence-corrected chi connectivity index (χ4v) is 4.25. The molecule has 0 spiro atoms. The molecule has 0 bridgehead atoms. The van der Waals surface area contributed by atoms with E-state index in [0.717, 1.165) is 23.3 Å². The monoisotopic (exact) mass is 425 g/mol. The molecular weight excluding hydrogens is 402 g/mol. The Hall–Kier alpha value is -3.97. The number of hydrogen-bond acceptors (Lipinski definition) is 4. The summed E-state index contributed by atoms with van der Waals surface area (Å²) in [5.74, 6) is -0.528. The van der Waals surface area contributed by atoms with E-state index in [1.807, 2.05) is 55.7 Å². The van der Waals surface area contributed by atoms with E-state index in [4.69, 9.17) is 5.73 Å². The maximum atomic E-state index is 12.9. The summed E-state index contributed by atoms with van der Waals surface area (Å²) in [5.41, 5.74) is 10.5. The lowest BCUT2D eigenvalue weighted by molar-refractivity contribution is -0.121. The van der Waals surface area contributed by atoms with Crippen molar-refractivity contribution in [2.24, 2.45) is 5.73 Å². The molecule has 7 nitrogen and oxygen atoms in total. The van der Waals surface area contributed by atoms with Crippen LogP contribution in [0.3, 0.4) is 0 Å². The highest BCUT2D eigenvalue weighted by Crippen LogP contribution is 2.24. The van der Waals surface area contributed by atoms with Crippen LogP contribution in [0.15, 0.2) is 72.9 Å². The zero-order chi connectivity index (χ0) is 22.2. The molecule has 0 saturated heterocycles. The van der Waals surface area contributed by atoms with Crippen LogP contribution in [0, 0.1) is 0 Å². The molecule has 3 N–H and O–H groups in total. The van der Waals surface area contributed by atoms with Crippen LogP contribution in [-0.2, 0) is 17.8 Å². The summed E-state index contributed by atoms with van der Waals surface area (Å²) >= 11 is 0. The summed E-state index contributed by atoms with van der Waals surface area (Å²) in [6.45, 7) is 0.757. The topological polar surface area (TPSA) is 93.3 Å². The minimum atomic E-state index is -0.505. The number of primary amides is 1. The molecule has 2 heterocycles. The van der Waals surface area contributed by atoms with Crippen molar-refractivity contribution < 1.29 is 9.59 Å². The number of benzene rings is 3. The van der Waals surface area contributed by atoms with Crippen LogP contribution in [0.25, 0.3) is 16.6 Å². The van der Waals surface area contributed by atoms with E-state index in [9.17, 15) is 9.59 Å². The van der Waals surface area contributed by atoms with E-state index in [2.05, 4.69) is 27.4 Å². The van der Waals surface area contributed by atoms with E-state index in [0.29, 0.717) is 17.5 Å². The van der Waals surface area contributed by atoms with Crippen LogP contribution in [-0.4, -0.2) is 39.6 Å². The van der Waals surface area contributed by atoms with Crippen LogP contribution in [0.5, 0.6) is 0 Å². The number of amides is 2. The van der Waals surface area contributed by atoms with Crippen molar-refractivity contribution in [3.8, 4) is 5.69 Å². The Morgan fingerprint density at radius 3 is 2.50 bits per heavy atom. The van der Waals surface area contributed by atoms with E-state index in [-0.39, 0.29) is 11.9 Å². The lowest BCUT2D eigenvalue weighted by Crippen LogP contribution is -2.45. The van der Waals surface area contributed by atoms with Crippen LogP contribution in [0.4, 0.5) is 5.69 Å². The molecule has 5 rings (SSSR count). The highest BCUT2D eigenvalue weighted by Gasteiger charge is 2.28. The molecule has 1 atom stereocenters. The van der Waals surface area contributed by atoms with Gasteiger partial charge in [0.2, 0.25) is 5.91 Å². The van der Waals surface area contributed by atoms with Crippen molar-refractivity contribution in [3.05, 3.63) is 89.6 Å². The minimum absolute atomic E-state index is 0.0225. The standard InChI is InChI=1S/C25H23N5O2/c1-29-14-17-6-3-2-5-16(17)13-22(29)25(32)27-19-9-11-20(12-10-19)30-15-18-7-4-8-21(24(26)31)23(18)28-30/h2-12,15,22H,13-14H2,1H3,(H2,26,31)(H,27,32). The first-order chi connectivity index (χ1) is 15.5. The molecule has 2 amide bonds. The van der Waals surface area contributed by atoms with Gasteiger partial charge in [-0.15, -0.1) is 0 Å². The van der Waals surface area contributed by atoms with Crippen LogP contribution >= 0.6 is 0 Å². The van der Waals surface area contributed by atoms with Gasteiger partial charge < -0.3 is 11.1 Å². The van der Waals surface area contributed by atoms with Gasteiger partial charge in [-0.2, -0.15) is 5.10 Å². The van der Waals surface area contributed by atoms with Gasteiger partial charge in [-0.25, -0.2) is 4.68 Å². The van der Waals surface area contributed by atoms with E-state index < -0.39 is 5.91 Å². The van der Waals surface area contributed by atoms with Crippen molar-refractivity contribution in [1.29, 1.82) is 0 Å². The summed E-state index contributed by atoms with van der Waals surface area (Å²) in [4.78, 5) is 26.7. The molecule has 0 aliphatic carbocycles. The maximum Gasteiger partial charge on any atom is 0.250 e. The molecule has 1 unspecified atom stereocenters. The number of fused-ring (bicyclic) bond motifs is 2. The number of carbonyl (C=O) groups is 2. The Bertz CT molecular complexity index is 1330. The number of carbonyl (C=O) groups excluding carboxylic acids is 2. The summed E-state index contributed by atoms with van der Waals surface area (Å²) in [7, 11) is 1.98. The number of anilines is 1. The molecular formula is C25H23N5O2. The SMILES string of the molecule is CN1Cc2ccccc2CC1C(=O)Nc1ccc(-n2cc3cccc(C(N)=O)c3n2)cc1. The predicted molar refractivity (Wildman–Crippen MR) is 124 cm³/mol. The van der Waals surface area contributed by atoms with Gasteiger partial charge in [0.25, 0.3) is 5.91 Å². The first kappa shape index (κ1) is 20.0. The third-order valence-corrected chi connectivity index (χ3v) is 5.99. The lowest BCUT2D eigenvalue weighted by atomic mass is 9.94. The van der Waals surface area contributed by atoms with Gasteiger partial charge in [-0.3, -0.25) is 14.5 Å². The Balaban J connectivity index is 1.33. The molecule has 7 heteroatoms. The number of nitrogens with one attached hydrogen (secondary N) is 1. The molecule has 160 valence electrons. The molecule has 4 aromatic rings. The van der Waals surface area contributed by atoms with Crippen LogP contribution in [0.2, 0.25) is 0 Å². The normalized spacial score (nSPS) is 16.0. The predicted octanol–water partition coefficient (Wildman–Crippen LogP) is 3.12. The fourth-order valence-electron chi connectivity index (χ4n) is 4.25. The highest BCUT2D eigenvalue weighted by atomic mass is 16.2.